The molecule has 1 aliphatic rings. The highest BCUT2D eigenvalue weighted by Gasteiger charge is 2.26. The Kier molecular flexibility index (Phi) is 2.17. The van der Waals surface area contributed by atoms with Crippen LogP contribution in [0.15, 0.2) is 11.3 Å². The standard InChI is InChI=1S/C8H12N2O2/c1-5(11)7-6(9)3-4-10(2)8(7)12/h9,11H,3-4H2,1-2H3/b7-5-,9-6?. The van der Waals surface area contributed by atoms with Gasteiger partial charge in [0.15, 0.2) is 0 Å². The fourth-order valence-corrected chi connectivity index (χ4v) is 1.20. The van der Waals surface area contributed by atoms with E-state index < -0.39 is 0 Å². The van der Waals surface area contributed by atoms with Gasteiger partial charge in [-0.1, -0.05) is 0 Å². The molecule has 0 saturated carbocycles. The predicted octanol–water partition coefficient (Wildman–Crippen LogP) is 0.700. The number of aliphatic hydroxyl groups is 1. The summed E-state index contributed by atoms with van der Waals surface area (Å²) in [6.45, 7) is 2.00. The van der Waals surface area contributed by atoms with Gasteiger partial charge in [-0.3, -0.25) is 4.79 Å². The third kappa shape index (κ3) is 1.32. The second-order valence-electron chi connectivity index (χ2n) is 2.92. The van der Waals surface area contributed by atoms with Gasteiger partial charge in [-0.25, -0.2) is 0 Å². The highest BCUT2D eigenvalue weighted by molar-refractivity contribution is 6.22. The van der Waals surface area contributed by atoms with Gasteiger partial charge in [0, 0.05) is 25.7 Å². The molecule has 0 atom stereocenters. The lowest BCUT2D eigenvalue weighted by Crippen LogP contribution is -2.38. The molecule has 1 fully saturated rings. The van der Waals surface area contributed by atoms with E-state index in [9.17, 15) is 4.79 Å². The van der Waals surface area contributed by atoms with Crippen molar-refractivity contribution in [2.24, 2.45) is 0 Å². The maximum Gasteiger partial charge on any atom is 0.258 e. The molecule has 1 saturated heterocycles. The molecular formula is C8H12N2O2. The summed E-state index contributed by atoms with van der Waals surface area (Å²) in [5.74, 6) is -0.317. The fourth-order valence-electron chi connectivity index (χ4n) is 1.20. The molecule has 0 aromatic rings. The highest BCUT2D eigenvalue weighted by Crippen LogP contribution is 2.14. The maximum atomic E-state index is 11.3. The Hall–Kier alpha value is -1.32. The van der Waals surface area contributed by atoms with Gasteiger partial charge in [0.2, 0.25) is 0 Å². The van der Waals surface area contributed by atoms with Crippen molar-refractivity contribution in [1.29, 1.82) is 5.41 Å². The molecule has 4 heteroatoms. The molecule has 0 aliphatic carbocycles. The minimum Gasteiger partial charge on any atom is -0.512 e. The number of piperidine rings is 1. The lowest BCUT2D eigenvalue weighted by atomic mass is 10.0. The maximum absolute atomic E-state index is 11.3. The third-order valence-corrected chi connectivity index (χ3v) is 1.92. The van der Waals surface area contributed by atoms with E-state index in [2.05, 4.69) is 0 Å². The van der Waals surface area contributed by atoms with E-state index >= 15 is 0 Å². The monoisotopic (exact) mass is 168 g/mol. The quantitative estimate of drug-likeness (QED) is 0.413. The Morgan fingerprint density at radius 1 is 1.67 bits per heavy atom. The molecule has 66 valence electrons. The Labute approximate surface area is 71.0 Å². The summed E-state index contributed by atoms with van der Waals surface area (Å²) >= 11 is 0. The van der Waals surface area contributed by atoms with Crippen LogP contribution >= 0.6 is 0 Å². The predicted molar refractivity (Wildman–Crippen MR) is 45.3 cm³/mol. The Morgan fingerprint density at radius 2 is 2.25 bits per heavy atom. The Morgan fingerprint density at radius 3 is 2.67 bits per heavy atom. The Balaban J connectivity index is 3.03. The van der Waals surface area contributed by atoms with Crippen molar-refractivity contribution in [3.8, 4) is 0 Å². The van der Waals surface area contributed by atoms with Crippen molar-refractivity contribution in [2.45, 2.75) is 13.3 Å². The molecule has 1 heterocycles. The average Bonchev–Trinajstić information content (AvgIpc) is 1.97. The lowest BCUT2D eigenvalue weighted by Gasteiger charge is -2.25. The molecule has 1 rings (SSSR count). The zero-order valence-electron chi connectivity index (χ0n) is 7.22. The van der Waals surface area contributed by atoms with Gasteiger partial charge in [0.1, 0.15) is 5.76 Å². The van der Waals surface area contributed by atoms with Crippen molar-refractivity contribution >= 4 is 11.6 Å². The first kappa shape index (κ1) is 8.77. The van der Waals surface area contributed by atoms with Crippen molar-refractivity contribution in [1.82, 2.24) is 4.90 Å². The number of hydrogen-bond donors (Lipinski definition) is 2. The normalized spacial score (nSPS) is 23.0. The number of allylic oxidation sites excluding steroid dienone is 1. The van der Waals surface area contributed by atoms with Crippen LogP contribution in [0.2, 0.25) is 0 Å². The first-order valence-electron chi connectivity index (χ1n) is 3.77. The van der Waals surface area contributed by atoms with E-state index in [0.717, 1.165) is 0 Å². The van der Waals surface area contributed by atoms with Crippen LogP contribution in [0.4, 0.5) is 0 Å². The Bertz CT molecular complexity index is 264. The van der Waals surface area contributed by atoms with Gasteiger partial charge in [0.25, 0.3) is 5.91 Å². The van der Waals surface area contributed by atoms with Crippen LogP contribution in [-0.4, -0.2) is 35.2 Å². The number of hydrogen-bond acceptors (Lipinski definition) is 3. The number of rotatable bonds is 0. The molecule has 12 heavy (non-hydrogen) atoms. The third-order valence-electron chi connectivity index (χ3n) is 1.92. The van der Waals surface area contributed by atoms with E-state index in [-0.39, 0.29) is 23.0 Å². The molecule has 1 aliphatic heterocycles. The molecule has 0 aromatic carbocycles. The van der Waals surface area contributed by atoms with Crippen molar-refractivity contribution in [3.63, 3.8) is 0 Å². The molecule has 0 bridgehead atoms. The summed E-state index contributed by atoms with van der Waals surface area (Å²) in [7, 11) is 1.66. The number of amides is 1. The molecule has 4 nitrogen and oxygen atoms in total. The van der Waals surface area contributed by atoms with Gasteiger partial charge in [-0.15, -0.1) is 0 Å². The summed E-state index contributed by atoms with van der Waals surface area (Å²) in [6, 6.07) is 0. The first-order valence-corrected chi connectivity index (χ1v) is 3.77. The van der Waals surface area contributed by atoms with Crippen LogP contribution in [0.3, 0.4) is 0 Å². The van der Waals surface area contributed by atoms with Gasteiger partial charge in [-0.2, -0.15) is 0 Å². The second-order valence-corrected chi connectivity index (χ2v) is 2.92. The van der Waals surface area contributed by atoms with Crippen LogP contribution < -0.4 is 0 Å². The van der Waals surface area contributed by atoms with Crippen LogP contribution in [-0.2, 0) is 4.79 Å². The van der Waals surface area contributed by atoms with E-state index in [1.54, 1.807) is 7.05 Å². The van der Waals surface area contributed by atoms with Gasteiger partial charge in [-0.05, 0) is 6.92 Å². The largest absolute Gasteiger partial charge is 0.512 e. The van der Waals surface area contributed by atoms with Gasteiger partial charge >= 0.3 is 0 Å². The SMILES string of the molecule is C/C(O)=C1\C(=N)CCN(C)C1=O. The highest BCUT2D eigenvalue weighted by atomic mass is 16.3. The van der Waals surface area contributed by atoms with Crippen LogP contribution in [0.5, 0.6) is 0 Å². The number of nitrogens with zero attached hydrogens (tertiary/aromatic N) is 1. The summed E-state index contributed by atoms with van der Waals surface area (Å²) in [4.78, 5) is 12.9. The van der Waals surface area contributed by atoms with Crippen LogP contribution in [0, 0.1) is 5.41 Å². The van der Waals surface area contributed by atoms with Crippen molar-refractivity contribution in [3.05, 3.63) is 11.3 Å². The number of likely N-dealkylation sites (N-methyl/N-ethyl adjacent to an activating group) is 1. The number of likely N-dealkylation sites (tertiary alicyclic amines) is 1. The van der Waals surface area contributed by atoms with Crippen LogP contribution in [0.25, 0.3) is 0 Å². The molecule has 0 unspecified atom stereocenters. The van der Waals surface area contributed by atoms with Gasteiger partial charge < -0.3 is 15.4 Å². The molecule has 0 aromatic heterocycles. The number of carbonyl (C=O) groups excluding carboxylic acids is 1. The molecule has 0 spiro atoms. The number of nitrogens with one attached hydrogen (secondary N) is 1. The van der Waals surface area contributed by atoms with E-state index in [1.165, 1.54) is 11.8 Å². The van der Waals surface area contributed by atoms with Crippen molar-refractivity contribution < 1.29 is 9.90 Å². The summed E-state index contributed by atoms with van der Waals surface area (Å²) in [5, 5.41) is 16.6. The van der Waals surface area contributed by atoms with Crippen LogP contribution in [0.1, 0.15) is 13.3 Å². The van der Waals surface area contributed by atoms with E-state index in [1.807, 2.05) is 0 Å². The average molecular weight is 168 g/mol. The summed E-state index contributed by atoms with van der Waals surface area (Å²) in [5.41, 5.74) is 0.391. The van der Waals surface area contributed by atoms with Crippen molar-refractivity contribution in [2.75, 3.05) is 13.6 Å². The fraction of sp³-hybridized carbons (Fsp3) is 0.500. The minimum atomic E-state index is -0.258. The zero-order chi connectivity index (χ0) is 9.30. The summed E-state index contributed by atoms with van der Waals surface area (Å²) < 4.78 is 0. The number of carbonyl (C=O) groups is 1. The smallest absolute Gasteiger partial charge is 0.258 e. The summed E-state index contributed by atoms with van der Waals surface area (Å²) in [6.07, 6.45) is 0.523. The minimum absolute atomic E-state index is 0.0587. The zero-order valence-corrected chi connectivity index (χ0v) is 7.22. The molecule has 1 amide bonds. The lowest BCUT2D eigenvalue weighted by molar-refractivity contribution is -0.125. The second kappa shape index (κ2) is 2.97. The topological polar surface area (TPSA) is 64.4 Å². The van der Waals surface area contributed by atoms with E-state index in [4.69, 9.17) is 10.5 Å². The molecular weight excluding hydrogens is 156 g/mol. The molecule has 0 radical (unpaired) electrons. The molecule has 2 N–H and O–H groups in total. The first-order chi connectivity index (χ1) is 5.54. The number of aliphatic hydroxyl groups excluding tert-OH is 1. The van der Waals surface area contributed by atoms with E-state index in [0.29, 0.717) is 13.0 Å². The van der Waals surface area contributed by atoms with Gasteiger partial charge in [0.05, 0.1) is 5.57 Å².